The third-order valence-electron chi connectivity index (χ3n) is 3.73. The van der Waals surface area contributed by atoms with Crippen LogP contribution >= 0.6 is 23.5 Å². The lowest BCUT2D eigenvalue weighted by atomic mass is 10.2. The largest absolute Gasteiger partial charge is 0.416 e. The molecule has 3 rings (SSSR count). The molecule has 1 aromatic rings. The number of rotatable bonds is 4. The number of anilines is 1. The number of thioether (sulfide) groups is 2. The Labute approximate surface area is 163 Å². The van der Waals surface area contributed by atoms with E-state index in [0.717, 1.165) is 12.1 Å². The van der Waals surface area contributed by atoms with Crippen molar-refractivity contribution in [2.75, 3.05) is 11.9 Å². The molecule has 2 fully saturated rings. The Bertz CT molecular complexity index is 892. The smallest absolute Gasteiger partial charge is 0.325 e. The highest BCUT2D eigenvalue weighted by Crippen LogP contribution is 2.36. The van der Waals surface area contributed by atoms with E-state index in [4.69, 9.17) is 0 Å². The van der Waals surface area contributed by atoms with Crippen molar-refractivity contribution in [1.82, 2.24) is 10.2 Å². The first kappa shape index (κ1) is 20.2. The summed E-state index contributed by atoms with van der Waals surface area (Å²) in [4.78, 5) is 60.0. The molecule has 148 valence electrons. The summed E-state index contributed by atoms with van der Waals surface area (Å²) in [6.07, 6.45) is -4.59. The summed E-state index contributed by atoms with van der Waals surface area (Å²) in [5.74, 6) is -2.41. The summed E-state index contributed by atoms with van der Waals surface area (Å²) in [5, 5.41) is 0.507. The van der Waals surface area contributed by atoms with Crippen LogP contribution in [0.2, 0.25) is 0 Å². The van der Waals surface area contributed by atoms with Gasteiger partial charge < -0.3 is 5.32 Å². The van der Waals surface area contributed by atoms with Gasteiger partial charge in [-0.25, -0.2) is 0 Å². The average molecular weight is 433 g/mol. The number of imide groups is 2. The maximum absolute atomic E-state index is 12.7. The SMILES string of the molecule is O=C(CN1C(=O)SC(C2SC(=O)NC2=O)C1=O)Nc1cccc(C(F)(F)F)c1. The number of benzene rings is 1. The number of alkyl halides is 3. The first-order chi connectivity index (χ1) is 13.1. The van der Waals surface area contributed by atoms with Crippen LogP contribution in [-0.2, 0) is 20.6 Å². The van der Waals surface area contributed by atoms with Gasteiger partial charge in [-0.1, -0.05) is 6.07 Å². The minimum atomic E-state index is -4.59. The molecule has 2 N–H and O–H groups in total. The minimum absolute atomic E-state index is 0.153. The zero-order valence-corrected chi connectivity index (χ0v) is 15.2. The zero-order valence-electron chi connectivity index (χ0n) is 13.6. The van der Waals surface area contributed by atoms with E-state index in [1.54, 1.807) is 0 Å². The number of carbonyl (C=O) groups is 5. The summed E-state index contributed by atoms with van der Waals surface area (Å²) in [5.41, 5.74) is -1.12. The molecule has 2 aliphatic heterocycles. The Morgan fingerprint density at radius 3 is 2.46 bits per heavy atom. The monoisotopic (exact) mass is 433 g/mol. The summed E-state index contributed by atoms with van der Waals surface area (Å²) in [6.45, 7) is -0.732. The Balaban J connectivity index is 1.66. The van der Waals surface area contributed by atoms with Gasteiger partial charge in [0.15, 0.2) is 0 Å². The molecule has 2 saturated heterocycles. The molecule has 0 spiro atoms. The minimum Gasteiger partial charge on any atom is -0.325 e. The van der Waals surface area contributed by atoms with Gasteiger partial charge >= 0.3 is 6.18 Å². The van der Waals surface area contributed by atoms with Gasteiger partial charge in [-0.15, -0.1) is 0 Å². The van der Waals surface area contributed by atoms with E-state index in [9.17, 15) is 37.1 Å². The number of hydrogen-bond acceptors (Lipinski definition) is 7. The number of nitrogens with one attached hydrogen (secondary N) is 2. The molecule has 2 heterocycles. The molecule has 28 heavy (non-hydrogen) atoms. The van der Waals surface area contributed by atoms with E-state index >= 15 is 0 Å². The lowest BCUT2D eigenvalue weighted by Gasteiger charge is -2.15. The number of carbonyl (C=O) groups excluding carboxylic acids is 5. The standard InChI is InChI=1S/C15H10F3N3O5S2/c16-15(17,18)6-2-1-3-7(4-6)19-8(22)5-21-12(24)10(28-14(21)26)9-11(23)20-13(25)27-9/h1-4,9-10H,5H2,(H,19,22)(H,20,23,25). The van der Waals surface area contributed by atoms with Crippen LogP contribution in [0.5, 0.6) is 0 Å². The summed E-state index contributed by atoms with van der Waals surface area (Å²) < 4.78 is 38.1. The van der Waals surface area contributed by atoms with Crippen molar-refractivity contribution in [3.8, 4) is 0 Å². The average Bonchev–Trinajstić information content (AvgIpc) is 3.07. The predicted molar refractivity (Wildman–Crippen MR) is 93.5 cm³/mol. The second kappa shape index (κ2) is 7.47. The van der Waals surface area contributed by atoms with Crippen LogP contribution in [0.3, 0.4) is 0 Å². The van der Waals surface area contributed by atoms with Gasteiger partial charge in [0.1, 0.15) is 17.0 Å². The molecule has 8 nitrogen and oxygen atoms in total. The van der Waals surface area contributed by atoms with Crippen LogP contribution in [0.25, 0.3) is 0 Å². The van der Waals surface area contributed by atoms with Crippen molar-refractivity contribution in [1.29, 1.82) is 0 Å². The molecule has 2 atom stereocenters. The molecule has 0 saturated carbocycles. The summed E-state index contributed by atoms with van der Waals surface area (Å²) >= 11 is 1.09. The van der Waals surface area contributed by atoms with Gasteiger partial charge in [0.05, 0.1) is 5.56 Å². The molecule has 2 unspecified atom stereocenters. The molecule has 13 heteroatoms. The Kier molecular flexibility index (Phi) is 5.39. The number of halogens is 3. The molecular formula is C15H10F3N3O5S2. The third-order valence-corrected chi connectivity index (χ3v) is 6.10. The van der Waals surface area contributed by atoms with E-state index in [1.807, 2.05) is 5.32 Å². The zero-order chi connectivity index (χ0) is 20.6. The van der Waals surface area contributed by atoms with E-state index < -0.39 is 57.0 Å². The number of nitrogens with zero attached hydrogens (tertiary/aromatic N) is 1. The second-order valence-electron chi connectivity index (χ2n) is 5.67. The van der Waals surface area contributed by atoms with Gasteiger partial charge in [-0.2, -0.15) is 13.2 Å². The normalized spacial score (nSPS) is 22.6. The maximum Gasteiger partial charge on any atom is 0.416 e. The molecule has 0 radical (unpaired) electrons. The van der Waals surface area contributed by atoms with Crippen LogP contribution in [-0.4, -0.2) is 50.1 Å². The molecule has 1 aromatic carbocycles. The lowest BCUT2D eigenvalue weighted by Crippen LogP contribution is -2.42. The topological polar surface area (TPSA) is 113 Å². The molecule has 2 aliphatic rings. The Morgan fingerprint density at radius 1 is 1.14 bits per heavy atom. The second-order valence-corrected chi connectivity index (χ2v) is 7.88. The van der Waals surface area contributed by atoms with Gasteiger partial charge in [-0.05, 0) is 41.7 Å². The Morgan fingerprint density at radius 2 is 1.86 bits per heavy atom. The van der Waals surface area contributed by atoms with Crippen LogP contribution in [0.4, 0.5) is 28.4 Å². The van der Waals surface area contributed by atoms with Gasteiger partial charge in [-0.3, -0.25) is 34.2 Å². The van der Waals surface area contributed by atoms with E-state index in [0.29, 0.717) is 34.5 Å². The molecular weight excluding hydrogens is 423 g/mol. The summed E-state index contributed by atoms with van der Waals surface area (Å²) in [6, 6.07) is 3.87. The fraction of sp³-hybridized carbons (Fsp3) is 0.267. The van der Waals surface area contributed by atoms with Gasteiger partial charge in [0, 0.05) is 5.69 Å². The number of amides is 5. The van der Waals surface area contributed by atoms with Crippen LogP contribution in [0.1, 0.15) is 5.56 Å². The summed E-state index contributed by atoms with van der Waals surface area (Å²) in [7, 11) is 0. The van der Waals surface area contributed by atoms with E-state index in [1.165, 1.54) is 6.07 Å². The van der Waals surface area contributed by atoms with Crippen LogP contribution < -0.4 is 10.6 Å². The quantitative estimate of drug-likeness (QED) is 0.747. The lowest BCUT2D eigenvalue weighted by molar-refractivity contribution is -0.137. The van der Waals surface area contributed by atoms with Gasteiger partial charge in [0.2, 0.25) is 17.7 Å². The highest BCUT2D eigenvalue weighted by atomic mass is 32.2. The van der Waals surface area contributed by atoms with E-state index in [2.05, 4.69) is 5.32 Å². The van der Waals surface area contributed by atoms with Crippen molar-refractivity contribution in [3.05, 3.63) is 29.8 Å². The molecule has 5 amide bonds. The van der Waals surface area contributed by atoms with Crippen molar-refractivity contribution in [2.45, 2.75) is 16.7 Å². The van der Waals surface area contributed by atoms with Crippen molar-refractivity contribution >= 4 is 57.4 Å². The first-order valence-electron chi connectivity index (χ1n) is 7.57. The van der Waals surface area contributed by atoms with Crippen molar-refractivity contribution in [3.63, 3.8) is 0 Å². The fourth-order valence-electron chi connectivity index (χ4n) is 2.49. The molecule has 0 aromatic heterocycles. The first-order valence-corrected chi connectivity index (χ1v) is 9.33. The third kappa shape index (κ3) is 4.14. The fourth-order valence-corrected chi connectivity index (χ4v) is 4.59. The predicted octanol–water partition coefficient (Wildman–Crippen LogP) is 2.06. The van der Waals surface area contributed by atoms with Crippen molar-refractivity contribution < 1.29 is 37.1 Å². The highest BCUT2D eigenvalue weighted by Gasteiger charge is 2.50. The number of hydrogen-bond donors (Lipinski definition) is 2. The molecule has 0 aliphatic carbocycles. The van der Waals surface area contributed by atoms with E-state index in [-0.39, 0.29) is 5.69 Å². The van der Waals surface area contributed by atoms with Crippen LogP contribution in [0, 0.1) is 0 Å². The van der Waals surface area contributed by atoms with Crippen LogP contribution in [0.15, 0.2) is 24.3 Å². The maximum atomic E-state index is 12.7. The van der Waals surface area contributed by atoms with Gasteiger partial charge in [0.25, 0.3) is 10.5 Å². The molecule has 0 bridgehead atoms. The van der Waals surface area contributed by atoms with Crippen molar-refractivity contribution in [2.24, 2.45) is 0 Å². The Hall–Kier alpha value is -2.54. The highest BCUT2D eigenvalue weighted by molar-refractivity contribution is 8.19.